The molecule has 0 aromatic carbocycles. The Morgan fingerprint density at radius 2 is 2.38 bits per heavy atom. The molecular formula is C9H16N2O2. The lowest BCUT2D eigenvalue weighted by molar-refractivity contribution is 0.149. The fraction of sp³-hybridized carbons (Fsp3) is 0.667. The molecule has 0 radical (unpaired) electrons. The molecule has 0 saturated heterocycles. The first-order chi connectivity index (χ1) is 6.22. The van der Waals surface area contributed by atoms with E-state index in [2.05, 4.69) is 5.10 Å². The maximum absolute atomic E-state index is 9.48. The van der Waals surface area contributed by atoms with E-state index < -0.39 is 0 Å². The molecule has 1 rings (SSSR count). The molecule has 0 saturated carbocycles. The van der Waals surface area contributed by atoms with Gasteiger partial charge in [0.2, 0.25) is 0 Å². The summed E-state index contributed by atoms with van der Waals surface area (Å²) in [6.45, 7) is 0.138. The zero-order valence-corrected chi connectivity index (χ0v) is 7.85. The van der Waals surface area contributed by atoms with E-state index in [1.54, 1.807) is 4.68 Å². The maximum atomic E-state index is 9.48. The van der Waals surface area contributed by atoms with Crippen molar-refractivity contribution >= 4 is 0 Å². The molecule has 1 aromatic heterocycles. The molecule has 4 nitrogen and oxygen atoms in total. The lowest BCUT2D eigenvalue weighted by Crippen LogP contribution is -2.11. The van der Waals surface area contributed by atoms with Crippen LogP contribution in [0.1, 0.15) is 18.5 Å². The van der Waals surface area contributed by atoms with Crippen LogP contribution in [0.15, 0.2) is 12.3 Å². The number of aliphatic hydroxyl groups excluding tert-OH is 2. The van der Waals surface area contributed by atoms with E-state index in [1.165, 1.54) is 0 Å². The normalized spacial score (nSPS) is 13.2. The van der Waals surface area contributed by atoms with Crippen molar-refractivity contribution in [3.63, 3.8) is 0 Å². The molecule has 1 heterocycles. The molecule has 1 unspecified atom stereocenters. The van der Waals surface area contributed by atoms with Crippen molar-refractivity contribution in [2.45, 2.75) is 25.4 Å². The number of rotatable bonds is 5. The zero-order valence-electron chi connectivity index (χ0n) is 7.85. The van der Waals surface area contributed by atoms with E-state index in [0.29, 0.717) is 19.3 Å². The van der Waals surface area contributed by atoms with Crippen LogP contribution in [0, 0.1) is 0 Å². The van der Waals surface area contributed by atoms with Crippen molar-refractivity contribution in [2.75, 3.05) is 6.61 Å². The van der Waals surface area contributed by atoms with Crippen LogP contribution < -0.4 is 0 Å². The Balaban J connectivity index is 2.31. The third kappa shape index (κ3) is 3.57. The molecule has 74 valence electrons. The van der Waals surface area contributed by atoms with E-state index in [1.807, 2.05) is 19.3 Å². The van der Waals surface area contributed by atoms with Crippen molar-refractivity contribution in [2.24, 2.45) is 7.05 Å². The average Bonchev–Trinajstić information content (AvgIpc) is 2.48. The summed E-state index contributed by atoms with van der Waals surface area (Å²) in [5.41, 5.74) is 0.896. The largest absolute Gasteiger partial charge is 0.396 e. The highest BCUT2D eigenvalue weighted by Gasteiger charge is 2.06. The Labute approximate surface area is 77.8 Å². The van der Waals surface area contributed by atoms with Crippen LogP contribution in [0.25, 0.3) is 0 Å². The van der Waals surface area contributed by atoms with Gasteiger partial charge in [-0.2, -0.15) is 5.10 Å². The van der Waals surface area contributed by atoms with Gasteiger partial charge in [-0.15, -0.1) is 0 Å². The summed E-state index contributed by atoms with van der Waals surface area (Å²) in [5.74, 6) is 0. The molecule has 2 N–H and O–H groups in total. The van der Waals surface area contributed by atoms with Gasteiger partial charge in [-0.25, -0.2) is 0 Å². The fourth-order valence-electron chi connectivity index (χ4n) is 1.24. The lowest BCUT2D eigenvalue weighted by Gasteiger charge is -2.06. The van der Waals surface area contributed by atoms with Crippen molar-refractivity contribution in [3.8, 4) is 0 Å². The lowest BCUT2D eigenvalue weighted by atomic mass is 10.1. The highest BCUT2D eigenvalue weighted by atomic mass is 16.3. The van der Waals surface area contributed by atoms with Crippen LogP contribution in [0.4, 0.5) is 0 Å². The van der Waals surface area contributed by atoms with Crippen molar-refractivity contribution in [1.29, 1.82) is 0 Å². The smallest absolute Gasteiger partial charge is 0.0650 e. The summed E-state index contributed by atoms with van der Waals surface area (Å²) in [6, 6.07) is 1.89. The van der Waals surface area contributed by atoms with E-state index in [9.17, 15) is 5.11 Å². The third-order valence-corrected chi connectivity index (χ3v) is 1.91. The number of hydrogen-bond donors (Lipinski definition) is 2. The summed E-state index contributed by atoms with van der Waals surface area (Å²) in [4.78, 5) is 0. The monoisotopic (exact) mass is 184 g/mol. The summed E-state index contributed by atoms with van der Waals surface area (Å²) < 4.78 is 1.72. The molecule has 4 heteroatoms. The van der Waals surface area contributed by atoms with E-state index in [0.717, 1.165) is 5.69 Å². The Hall–Kier alpha value is -0.870. The molecule has 1 aromatic rings. The van der Waals surface area contributed by atoms with Crippen LogP contribution >= 0.6 is 0 Å². The number of hydrogen-bond acceptors (Lipinski definition) is 3. The number of aryl methyl sites for hydroxylation is 1. The minimum Gasteiger partial charge on any atom is -0.396 e. The second kappa shape index (κ2) is 4.99. The van der Waals surface area contributed by atoms with Crippen molar-refractivity contribution < 1.29 is 10.2 Å². The van der Waals surface area contributed by atoms with Gasteiger partial charge in [0, 0.05) is 26.3 Å². The highest BCUT2D eigenvalue weighted by molar-refractivity contribution is 4.99. The fourth-order valence-corrected chi connectivity index (χ4v) is 1.24. The van der Waals surface area contributed by atoms with Crippen molar-refractivity contribution in [3.05, 3.63) is 18.0 Å². The van der Waals surface area contributed by atoms with Gasteiger partial charge in [0.15, 0.2) is 0 Å². The van der Waals surface area contributed by atoms with Crippen LogP contribution in [0.2, 0.25) is 0 Å². The Morgan fingerprint density at radius 3 is 2.92 bits per heavy atom. The Bertz CT molecular complexity index is 248. The van der Waals surface area contributed by atoms with Gasteiger partial charge in [-0.05, 0) is 18.9 Å². The Morgan fingerprint density at radius 1 is 1.62 bits per heavy atom. The summed E-state index contributed by atoms with van der Waals surface area (Å²) in [7, 11) is 1.85. The van der Waals surface area contributed by atoms with Gasteiger partial charge in [-0.1, -0.05) is 0 Å². The summed E-state index contributed by atoms with van der Waals surface area (Å²) in [6.07, 6.45) is 3.32. The molecule has 0 aliphatic heterocycles. The van der Waals surface area contributed by atoms with E-state index in [4.69, 9.17) is 5.11 Å². The molecule has 13 heavy (non-hydrogen) atoms. The first-order valence-corrected chi connectivity index (χ1v) is 4.50. The van der Waals surface area contributed by atoms with Gasteiger partial charge < -0.3 is 10.2 Å². The van der Waals surface area contributed by atoms with Gasteiger partial charge in [0.05, 0.1) is 11.8 Å². The van der Waals surface area contributed by atoms with Crippen LogP contribution in [-0.4, -0.2) is 32.7 Å². The van der Waals surface area contributed by atoms with E-state index >= 15 is 0 Å². The van der Waals surface area contributed by atoms with Gasteiger partial charge in [-0.3, -0.25) is 4.68 Å². The topological polar surface area (TPSA) is 58.3 Å². The summed E-state index contributed by atoms with van der Waals surface area (Å²) in [5, 5.41) is 22.2. The minimum absolute atomic E-state index is 0.138. The molecule has 0 aliphatic rings. The number of aromatic nitrogens is 2. The minimum atomic E-state index is -0.387. The zero-order chi connectivity index (χ0) is 9.68. The molecule has 0 bridgehead atoms. The highest BCUT2D eigenvalue weighted by Crippen LogP contribution is 2.04. The SMILES string of the molecule is Cn1ccc(CC(O)CCCO)n1. The molecule has 0 spiro atoms. The van der Waals surface area contributed by atoms with Gasteiger partial charge in [0.1, 0.15) is 0 Å². The van der Waals surface area contributed by atoms with Crippen LogP contribution in [0.5, 0.6) is 0 Å². The summed E-state index contributed by atoms with van der Waals surface area (Å²) >= 11 is 0. The average molecular weight is 184 g/mol. The Kier molecular flexibility index (Phi) is 3.92. The maximum Gasteiger partial charge on any atom is 0.0650 e. The molecule has 0 fully saturated rings. The van der Waals surface area contributed by atoms with Crippen LogP contribution in [0.3, 0.4) is 0 Å². The number of nitrogens with zero attached hydrogens (tertiary/aromatic N) is 2. The van der Waals surface area contributed by atoms with Crippen molar-refractivity contribution in [1.82, 2.24) is 9.78 Å². The second-order valence-corrected chi connectivity index (χ2v) is 3.20. The molecule has 1 atom stereocenters. The predicted octanol–water partition coefficient (Wildman–Crippen LogP) is 0.0960. The van der Waals surface area contributed by atoms with Gasteiger partial charge in [0.25, 0.3) is 0 Å². The standard InChI is InChI=1S/C9H16N2O2/c1-11-5-4-8(10-11)7-9(13)3-2-6-12/h4-5,9,12-13H,2-3,6-7H2,1H3. The molecule has 0 amide bonds. The first kappa shape index (κ1) is 10.2. The third-order valence-electron chi connectivity index (χ3n) is 1.91. The van der Waals surface area contributed by atoms with Crippen LogP contribution in [-0.2, 0) is 13.5 Å². The predicted molar refractivity (Wildman–Crippen MR) is 49.2 cm³/mol. The second-order valence-electron chi connectivity index (χ2n) is 3.20. The first-order valence-electron chi connectivity index (χ1n) is 4.50. The number of aliphatic hydroxyl groups is 2. The van der Waals surface area contributed by atoms with E-state index in [-0.39, 0.29) is 12.7 Å². The van der Waals surface area contributed by atoms with Gasteiger partial charge >= 0.3 is 0 Å². The molecule has 0 aliphatic carbocycles. The quantitative estimate of drug-likeness (QED) is 0.682. The molecular weight excluding hydrogens is 168 g/mol.